The average molecular weight is 460 g/mol. The topological polar surface area (TPSA) is 63.1 Å². The molecule has 0 amide bonds. The summed E-state index contributed by atoms with van der Waals surface area (Å²) >= 11 is 6.19. The minimum absolute atomic E-state index is 0. The number of aromatic nitrogens is 3. The number of hydrogen-bond acceptors (Lipinski definition) is 5. The van der Waals surface area contributed by atoms with Crippen molar-refractivity contribution in [2.45, 2.75) is 25.9 Å². The molecule has 1 unspecified atom stereocenters. The molecule has 2 aromatic carbocycles. The van der Waals surface area contributed by atoms with Crippen molar-refractivity contribution in [1.82, 2.24) is 25.0 Å². The number of halogens is 2. The monoisotopic (exact) mass is 459 g/mol. The van der Waals surface area contributed by atoms with Gasteiger partial charge in [-0.1, -0.05) is 53.6 Å². The molecule has 3 aromatic rings. The summed E-state index contributed by atoms with van der Waals surface area (Å²) in [6, 6.07) is 16.3. The predicted octanol–water partition coefficient (Wildman–Crippen LogP) is 3.73. The minimum atomic E-state index is -0.306. The molecule has 1 atom stereocenters. The van der Waals surface area contributed by atoms with E-state index >= 15 is 0 Å². The molecule has 164 valence electrons. The van der Waals surface area contributed by atoms with Crippen LogP contribution in [-0.4, -0.2) is 45.8 Å². The van der Waals surface area contributed by atoms with Crippen LogP contribution >= 0.6 is 24.0 Å². The highest BCUT2D eigenvalue weighted by atomic mass is 35.5. The second-order valence-electron chi connectivity index (χ2n) is 7.68. The van der Waals surface area contributed by atoms with Gasteiger partial charge in [0, 0.05) is 49.4 Å². The van der Waals surface area contributed by atoms with Crippen molar-refractivity contribution in [2.75, 3.05) is 26.2 Å². The number of rotatable bonds is 6. The summed E-state index contributed by atoms with van der Waals surface area (Å²) in [5.41, 5.74) is 3.60. The van der Waals surface area contributed by atoms with E-state index in [0.717, 1.165) is 43.2 Å². The zero-order chi connectivity index (χ0) is 20.9. The first-order valence-electron chi connectivity index (χ1n) is 10.3. The second kappa shape index (κ2) is 10.9. The van der Waals surface area contributed by atoms with Gasteiger partial charge in [0.15, 0.2) is 0 Å². The van der Waals surface area contributed by atoms with Crippen LogP contribution < -0.4 is 11.0 Å². The standard InChI is InChI=1S/C23H26ClN5O.ClH/c1-17-6-8-18(9-7-17)21-15-26-29(23(30)27-21)12-3-11-28-13-10-25-16-22(28)19-4-2-5-20(24)14-19;/h2,4-9,14-15,22,25H,3,10-13,16H2,1H3;1H. The maximum absolute atomic E-state index is 12.4. The van der Waals surface area contributed by atoms with Crippen LogP contribution in [0, 0.1) is 6.92 Å². The fourth-order valence-electron chi connectivity index (χ4n) is 3.86. The molecule has 8 heteroatoms. The molecule has 1 aromatic heterocycles. The van der Waals surface area contributed by atoms with Crippen LogP contribution in [0.5, 0.6) is 0 Å². The average Bonchev–Trinajstić information content (AvgIpc) is 2.76. The Labute approximate surface area is 193 Å². The summed E-state index contributed by atoms with van der Waals surface area (Å²) in [6.45, 7) is 6.28. The first-order valence-corrected chi connectivity index (χ1v) is 10.7. The van der Waals surface area contributed by atoms with Crippen LogP contribution in [0.4, 0.5) is 0 Å². The smallest absolute Gasteiger partial charge is 0.314 e. The lowest BCUT2D eigenvalue weighted by molar-refractivity contribution is 0.157. The molecule has 1 aliphatic rings. The summed E-state index contributed by atoms with van der Waals surface area (Å²) in [7, 11) is 0. The largest absolute Gasteiger partial charge is 0.364 e. The van der Waals surface area contributed by atoms with Crippen LogP contribution in [0.2, 0.25) is 5.02 Å². The number of hydrogen-bond donors (Lipinski definition) is 1. The van der Waals surface area contributed by atoms with Gasteiger partial charge in [-0.05, 0) is 31.0 Å². The van der Waals surface area contributed by atoms with Gasteiger partial charge in [0.1, 0.15) is 0 Å². The summed E-state index contributed by atoms with van der Waals surface area (Å²) in [6.07, 6.45) is 2.50. The van der Waals surface area contributed by atoms with E-state index in [0.29, 0.717) is 12.2 Å². The normalized spacial score (nSPS) is 16.6. The van der Waals surface area contributed by atoms with Gasteiger partial charge in [-0.15, -0.1) is 12.4 Å². The van der Waals surface area contributed by atoms with Gasteiger partial charge in [-0.25, -0.2) is 9.48 Å². The third-order valence-corrected chi connectivity index (χ3v) is 5.74. The van der Waals surface area contributed by atoms with Gasteiger partial charge in [0.25, 0.3) is 0 Å². The molecule has 0 radical (unpaired) electrons. The van der Waals surface area contributed by atoms with Gasteiger partial charge in [0.2, 0.25) is 0 Å². The molecule has 6 nitrogen and oxygen atoms in total. The SMILES string of the molecule is Cc1ccc(-c2cnn(CCCN3CCNCC3c3cccc(Cl)c3)c(=O)n2)cc1.Cl. The molecule has 1 aliphatic heterocycles. The predicted molar refractivity (Wildman–Crippen MR) is 127 cm³/mol. The highest BCUT2D eigenvalue weighted by Crippen LogP contribution is 2.24. The molecule has 0 saturated carbocycles. The van der Waals surface area contributed by atoms with Crippen LogP contribution in [0.1, 0.15) is 23.6 Å². The van der Waals surface area contributed by atoms with Gasteiger partial charge in [0.05, 0.1) is 11.9 Å². The Balaban J connectivity index is 0.00000272. The molecule has 31 heavy (non-hydrogen) atoms. The van der Waals surface area contributed by atoms with Crippen molar-refractivity contribution in [3.8, 4) is 11.3 Å². The van der Waals surface area contributed by atoms with Gasteiger partial charge >= 0.3 is 5.69 Å². The van der Waals surface area contributed by atoms with E-state index in [1.165, 1.54) is 15.8 Å². The van der Waals surface area contributed by atoms with Crippen LogP contribution in [0.15, 0.2) is 59.5 Å². The van der Waals surface area contributed by atoms with Crippen molar-refractivity contribution >= 4 is 24.0 Å². The zero-order valence-electron chi connectivity index (χ0n) is 17.5. The van der Waals surface area contributed by atoms with Crippen molar-refractivity contribution in [2.24, 2.45) is 0 Å². The van der Waals surface area contributed by atoms with Gasteiger partial charge in [-0.3, -0.25) is 4.90 Å². The highest BCUT2D eigenvalue weighted by Gasteiger charge is 2.23. The Morgan fingerprint density at radius 2 is 1.97 bits per heavy atom. The summed E-state index contributed by atoms with van der Waals surface area (Å²) in [5.74, 6) is 0. The molecule has 2 heterocycles. The lowest BCUT2D eigenvalue weighted by Gasteiger charge is -2.36. The van der Waals surface area contributed by atoms with Gasteiger partial charge < -0.3 is 5.32 Å². The minimum Gasteiger partial charge on any atom is -0.314 e. The third-order valence-electron chi connectivity index (χ3n) is 5.51. The summed E-state index contributed by atoms with van der Waals surface area (Å²) < 4.78 is 1.45. The number of aryl methyl sites for hydroxylation is 2. The van der Waals surface area contributed by atoms with Crippen LogP contribution in [0.3, 0.4) is 0 Å². The van der Waals surface area contributed by atoms with Crippen molar-refractivity contribution in [1.29, 1.82) is 0 Å². The molecule has 1 fully saturated rings. The van der Waals surface area contributed by atoms with E-state index < -0.39 is 0 Å². The molecule has 1 N–H and O–H groups in total. The quantitative estimate of drug-likeness (QED) is 0.608. The second-order valence-corrected chi connectivity index (χ2v) is 8.11. The van der Waals surface area contributed by atoms with Crippen LogP contribution in [-0.2, 0) is 6.54 Å². The van der Waals surface area contributed by atoms with Crippen molar-refractivity contribution in [3.63, 3.8) is 0 Å². The lowest BCUT2D eigenvalue weighted by atomic mass is 10.0. The fourth-order valence-corrected chi connectivity index (χ4v) is 4.06. The molecule has 0 aliphatic carbocycles. The van der Waals surface area contributed by atoms with E-state index in [-0.39, 0.29) is 24.1 Å². The maximum atomic E-state index is 12.4. The van der Waals surface area contributed by atoms with E-state index in [4.69, 9.17) is 11.6 Å². The lowest BCUT2D eigenvalue weighted by Crippen LogP contribution is -2.46. The number of nitrogens with zero attached hydrogens (tertiary/aromatic N) is 4. The Morgan fingerprint density at radius 3 is 2.71 bits per heavy atom. The molecular formula is C23H27Cl2N5O. The number of piperazine rings is 1. The van der Waals surface area contributed by atoms with Crippen LogP contribution in [0.25, 0.3) is 11.3 Å². The Hall–Kier alpha value is -2.25. The van der Waals surface area contributed by atoms with Gasteiger partial charge in [-0.2, -0.15) is 10.1 Å². The summed E-state index contributed by atoms with van der Waals surface area (Å²) in [4.78, 5) is 19.1. The van der Waals surface area contributed by atoms with E-state index in [9.17, 15) is 4.79 Å². The molecule has 1 saturated heterocycles. The van der Waals surface area contributed by atoms with E-state index in [2.05, 4.69) is 26.4 Å². The molecule has 0 bridgehead atoms. The Morgan fingerprint density at radius 1 is 1.16 bits per heavy atom. The fraction of sp³-hybridized carbons (Fsp3) is 0.348. The first-order chi connectivity index (χ1) is 14.6. The molecule has 4 rings (SSSR count). The Kier molecular flexibility index (Phi) is 8.21. The number of nitrogens with one attached hydrogen (secondary N) is 1. The Bertz CT molecular complexity index is 1050. The highest BCUT2D eigenvalue weighted by molar-refractivity contribution is 6.30. The van der Waals surface area contributed by atoms with E-state index in [1.54, 1.807) is 6.20 Å². The number of benzene rings is 2. The van der Waals surface area contributed by atoms with Crippen molar-refractivity contribution in [3.05, 3.63) is 81.4 Å². The molecule has 0 spiro atoms. The molecular weight excluding hydrogens is 433 g/mol. The van der Waals surface area contributed by atoms with Crippen molar-refractivity contribution < 1.29 is 0 Å². The first kappa shape index (κ1) is 23.4. The van der Waals surface area contributed by atoms with E-state index in [1.807, 2.05) is 49.4 Å². The summed E-state index contributed by atoms with van der Waals surface area (Å²) in [5, 5.41) is 8.56. The third kappa shape index (κ3) is 5.92. The maximum Gasteiger partial charge on any atom is 0.364 e. The zero-order valence-corrected chi connectivity index (χ0v) is 19.1.